The van der Waals surface area contributed by atoms with Gasteiger partial charge in [0.15, 0.2) is 0 Å². The number of nitrogens with one attached hydrogen (secondary N) is 1. The van der Waals surface area contributed by atoms with Crippen molar-refractivity contribution >= 4 is 23.3 Å². The van der Waals surface area contributed by atoms with Gasteiger partial charge in [-0.05, 0) is 31.4 Å². The molecule has 5 heteroatoms. The van der Waals surface area contributed by atoms with E-state index in [1.807, 2.05) is 30.0 Å². The van der Waals surface area contributed by atoms with Crippen molar-refractivity contribution in [2.45, 2.75) is 25.8 Å². The Kier molecular flexibility index (Phi) is 4.69. The number of amides is 2. The molecule has 2 heterocycles. The van der Waals surface area contributed by atoms with Crippen molar-refractivity contribution < 1.29 is 4.79 Å². The van der Waals surface area contributed by atoms with Crippen LogP contribution < -0.4 is 5.32 Å². The van der Waals surface area contributed by atoms with Gasteiger partial charge in [0.05, 0.1) is 10.7 Å². The lowest BCUT2D eigenvalue weighted by atomic mass is 10.0. The Morgan fingerprint density at radius 3 is 2.59 bits per heavy atom. The monoisotopic (exact) mass is 319 g/mol. The summed E-state index contributed by atoms with van der Waals surface area (Å²) in [5.41, 5.74) is 1.66. The smallest absolute Gasteiger partial charge is 0.321 e. The van der Waals surface area contributed by atoms with Crippen LogP contribution in [0.1, 0.15) is 18.4 Å². The van der Waals surface area contributed by atoms with Gasteiger partial charge in [0.2, 0.25) is 0 Å². The molecule has 22 heavy (non-hydrogen) atoms. The number of likely N-dealkylation sites (tertiary alicyclic amines) is 1. The third-order valence-corrected chi connectivity index (χ3v) is 5.05. The molecule has 0 atom stereocenters. The van der Waals surface area contributed by atoms with Gasteiger partial charge >= 0.3 is 6.03 Å². The van der Waals surface area contributed by atoms with Crippen molar-refractivity contribution in [1.82, 2.24) is 9.80 Å². The first kappa shape index (κ1) is 15.4. The second-order valence-electron chi connectivity index (χ2n) is 6.01. The van der Waals surface area contributed by atoms with E-state index in [4.69, 9.17) is 11.6 Å². The van der Waals surface area contributed by atoms with E-state index >= 15 is 0 Å². The molecular weight excluding hydrogens is 298 g/mol. The van der Waals surface area contributed by atoms with Gasteiger partial charge in [-0.3, -0.25) is 4.90 Å². The van der Waals surface area contributed by atoms with Crippen molar-refractivity contribution in [3.8, 4) is 0 Å². The largest absolute Gasteiger partial charge is 0.324 e. The summed E-state index contributed by atoms with van der Waals surface area (Å²) in [6.45, 7) is 5.64. The van der Waals surface area contributed by atoms with Crippen LogP contribution in [0, 0.1) is 6.92 Å². The first-order chi connectivity index (χ1) is 10.6. The molecule has 2 aliphatic heterocycles. The quantitative estimate of drug-likeness (QED) is 0.847. The van der Waals surface area contributed by atoms with Gasteiger partial charge in [-0.25, -0.2) is 4.79 Å². The van der Waals surface area contributed by atoms with Crippen LogP contribution in [-0.2, 0) is 0 Å². The van der Waals surface area contributed by atoms with E-state index < -0.39 is 0 Å². The second-order valence-corrected chi connectivity index (χ2v) is 6.39. The molecule has 1 aromatic carbocycles. The maximum Gasteiger partial charge on any atom is 0.321 e. The standard InChI is InChI=1S/C17H22ClN3O/c1-13-5-4-6-15(16(13)18)19-17(22)21-11-7-14(8-12-21)20-9-2-3-10-20/h2-6,14H,7-12H2,1H3,(H,19,22). The summed E-state index contributed by atoms with van der Waals surface area (Å²) in [7, 11) is 0. The molecule has 0 radical (unpaired) electrons. The van der Waals surface area contributed by atoms with Crippen LogP contribution in [-0.4, -0.2) is 48.1 Å². The van der Waals surface area contributed by atoms with Crippen molar-refractivity contribution in [3.05, 3.63) is 40.9 Å². The highest BCUT2D eigenvalue weighted by Gasteiger charge is 2.27. The van der Waals surface area contributed by atoms with Gasteiger partial charge in [0.1, 0.15) is 0 Å². The Morgan fingerprint density at radius 1 is 1.23 bits per heavy atom. The van der Waals surface area contributed by atoms with E-state index in [0.29, 0.717) is 16.8 Å². The zero-order chi connectivity index (χ0) is 15.5. The predicted octanol–water partition coefficient (Wildman–Crippen LogP) is 3.52. The maximum atomic E-state index is 12.4. The number of urea groups is 1. The van der Waals surface area contributed by atoms with Crippen LogP contribution in [0.2, 0.25) is 5.02 Å². The Morgan fingerprint density at radius 2 is 1.91 bits per heavy atom. The number of rotatable bonds is 2. The number of aryl methyl sites for hydroxylation is 1. The first-order valence-corrected chi connectivity index (χ1v) is 8.23. The highest BCUT2D eigenvalue weighted by molar-refractivity contribution is 6.34. The zero-order valence-electron chi connectivity index (χ0n) is 12.9. The minimum Gasteiger partial charge on any atom is -0.324 e. The minimum absolute atomic E-state index is 0.0505. The molecule has 0 bridgehead atoms. The topological polar surface area (TPSA) is 35.6 Å². The number of piperidine rings is 1. The molecular formula is C17H22ClN3O. The first-order valence-electron chi connectivity index (χ1n) is 7.85. The Bertz CT molecular complexity index is 571. The van der Waals surface area contributed by atoms with Crippen LogP contribution in [0.4, 0.5) is 10.5 Å². The number of halogens is 1. The highest BCUT2D eigenvalue weighted by atomic mass is 35.5. The molecule has 0 aromatic heterocycles. The highest BCUT2D eigenvalue weighted by Crippen LogP contribution is 2.26. The third-order valence-electron chi connectivity index (χ3n) is 4.55. The van der Waals surface area contributed by atoms with Gasteiger partial charge in [0, 0.05) is 32.2 Å². The van der Waals surface area contributed by atoms with Crippen molar-refractivity contribution in [2.24, 2.45) is 0 Å². The molecule has 118 valence electrons. The zero-order valence-corrected chi connectivity index (χ0v) is 13.6. The molecule has 0 unspecified atom stereocenters. The SMILES string of the molecule is Cc1cccc(NC(=O)N2CCC(N3CC=CC3)CC2)c1Cl. The van der Waals surface area contributed by atoms with E-state index in [-0.39, 0.29) is 6.03 Å². The van der Waals surface area contributed by atoms with E-state index in [9.17, 15) is 4.79 Å². The Hall–Kier alpha value is -1.52. The van der Waals surface area contributed by atoms with E-state index in [1.54, 1.807) is 0 Å². The molecule has 0 spiro atoms. The van der Waals surface area contributed by atoms with E-state index in [2.05, 4.69) is 22.4 Å². The average Bonchev–Trinajstić information content (AvgIpc) is 3.06. The van der Waals surface area contributed by atoms with Crippen LogP contribution >= 0.6 is 11.6 Å². The molecule has 1 aromatic rings. The molecule has 0 aliphatic carbocycles. The summed E-state index contributed by atoms with van der Waals surface area (Å²) >= 11 is 6.24. The molecule has 2 amide bonds. The van der Waals surface area contributed by atoms with E-state index in [1.165, 1.54) is 0 Å². The fourth-order valence-corrected chi connectivity index (χ4v) is 3.34. The van der Waals surface area contributed by atoms with Gasteiger partial charge in [-0.2, -0.15) is 0 Å². The molecule has 1 fully saturated rings. The molecule has 4 nitrogen and oxygen atoms in total. The van der Waals surface area contributed by atoms with Crippen molar-refractivity contribution in [2.75, 3.05) is 31.5 Å². The predicted molar refractivity (Wildman–Crippen MR) is 90.5 cm³/mol. The fourth-order valence-electron chi connectivity index (χ4n) is 3.16. The summed E-state index contributed by atoms with van der Waals surface area (Å²) in [5, 5.41) is 3.55. The normalized spacial score (nSPS) is 19.6. The molecule has 1 N–H and O–H groups in total. The molecule has 2 aliphatic rings. The third kappa shape index (κ3) is 3.28. The number of carbonyl (C=O) groups excluding carboxylic acids is 1. The molecule has 1 saturated heterocycles. The lowest BCUT2D eigenvalue weighted by Crippen LogP contribution is -2.47. The summed E-state index contributed by atoms with van der Waals surface area (Å²) in [6, 6.07) is 6.24. The maximum absolute atomic E-state index is 12.4. The number of benzene rings is 1. The van der Waals surface area contributed by atoms with Crippen molar-refractivity contribution in [3.63, 3.8) is 0 Å². The van der Waals surface area contributed by atoms with Crippen molar-refractivity contribution in [1.29, 1.82) is 0 Å². The summed E-state index contributed by atoms with van der Waals surface area (Å²) < 4.78 is 0. The number of hydrogen-bond acceptors (Lipinski definition) is 2. The van der Waals surface area contributed by atoms with Gasteiger partial charge in [-0.1, -0.05) is 35.9 Å². The summed E-state index contributed by atoms with van der Waals surface area (Å²) in [5.74, 6) is 0. The molecule has 3 rings (SSSR count). The fraction of sp³-hybridized carbons (Fsp3) is 0.471. The van der Waals surface area contributed by atoms with E-state index in [0.717, 1.165) is 44.6 Å². The van der Waals surface area contributed by atoms with Gasteiger partial charge in [-0.15, -0.1) is 0 Å². The lowest BCUT2D eigenvalue weighted by molar-refractivity contribution is 0.144. The van der Waals surface area contributed by atoms with Gasteiger partial charge < -0.3 is 10.2 Å². The number of hydrogen-bond donors (Lipinski definition) is 1. The van der Waals surface area contributed by atoms with Crippen LogP contribution in [0.15, 0.2) is 30.4 Å². The Balaban J connectivity index is 1.54. The lowest BCUT2D eigenvalue weighted by Gasteiger charge is -2.36. The minimum atomic E-state index is -0.0505. The van der Waals surface area contributed by atoms with Crippen LogP contribution in [0.3, 0.4) is 0 Å². The number of carbonyl (C=O) groups is 1. The number of nitrogens with zero attached hydrogens (tertiary/aromatic N) is 2. The molecule has 0 saturated carbocycles. The summed E-state index contributed by atoms with van der Waals surface area (Å²) in [6.07, 6.45) is 6.52. The summed E-state index contributed by atoms with van der Waals surface area (Å²) in [4.78, 5) is 16.8. The Labute approximate surface area is 136 Å². The second kappa shape index (κ2) is 6.71. The van der Waals surface area contributed by atoms with Crippen LogP contribution in [0.25, 0.3) is 0 Å². The average molecular weight is 320 g/mol. The number of anilines is 1. The van der Waals surface area contributed by atoms with Crippen LogP contribution in [0.5, 0.6) is 0 Å². The van der Waals surface area contributed by atoms with Gasteiger partial charge in [0.25, 0.3) is 0 Å².